The number of aliphatic hydroxyl groups excluding tert-OH is 1. The molecule has 0 radical (unpaired) electrons. The molecular formula is C9H15NO5. The maximum atomic E-state index is 11.1. The van der Waals surface area contributed by atoms with Crippen LogP contribution in [0.3, 0.4) is 0 Å². The normalized spacial score (nSPS) is 10.7. The number of hydrogen-bond acceptors (Lipinski definition) is 5. The molecule has 0 bridgehead atoms. The van der Waals surface area contributed by atoms with Crippen LogP contribution in [0.25, 0.3) is 0 Å². The predicted molar refractivity (Wildman–Crippen MR) is 52.0 cm³/mol. The van der Waals surface area contributed by atoms with Crippen LogP contribution in [0.1, 0.15) is 13.8 Å². The molecular weight excluding hydrogens is 202 g/mol. The molecule has 6 nitrogen and oxygen atoms in total. The number of aliphatic hydroxyl groups is 1. The second kappa shape index (κ2) is 7.81. The predicted octanol–water partition coefficient (Wildman–Crippen LogP) is 0.172. The summed E-state index contributed by atoms with van der Waals surface area (Å²) >= 11 is 0. The third kappa shape index (κ3) is 6.50. The van der Waals surface area contributed by atoms with Crippen molar-refractivity contribution in [3.8, 4) is 0 Å². The lowest BCUT2D eigenvalue weighted by Crippen LogP contribution is -2.20. The van der Waals surface area contributed by atoms with E-state index in [1.165, 1.54) is 13.1 Å². The summed E-state index contributed by atoms with van der Waals surface area (Å²) in [6, 6.07) is 0. The summed E-state index contributed by atoms with van der Waals surface area (Å²) in [5.74, 6) is -0.596. The topological polar surface area (TPSA) is 84.9 Å². The van der Waals surface area contributed by atoms with Gasteiger partial charge < -0.3 is 14.6 Å². The number of nitrogens with one attached hydrogen (secondary N) is 1. The number of amides is 1. The first-order valence-corrected chi connectivity index (χ1v) is 4.49. The average molecular weight is 217 g/mol. The molecule has 2 N–H and O–H groups in total. The molecule has 15 heavy (non-hydrogen) atoms. The molecule has 0 aliphatic rings. The highest BCUT2D eigenvalue weighted by molar-refractivity contribution is 5.88. The Morgan fingerprint density at radius 2 is 2.07 bits per heavy atom. The highest BCUT2D eigenvalue weighted by atomic mass is 16.5. The Kier molecular flexibility index (Phi) is 7.00. The monoisotopic (exact) mass is 217 g/mol. The molecule has 0 rings (SSSR count). The highest BCUT2D eigenvalue weighted by Gasteiger charge is 2.05. The van der Waals surface area contributed by atoms with Crippen molar-refractivity contribution in [1.29, 1.82) is 0 Å². The third-order valence-corrected chi connectivity index (χ3v) is 1.33. The van der Waals surface area contributed by atoms with Crippen molar-refractivity contribution in [2.75, 3.05) is 19.8 Å². The fourth-order valence-corrected chi connectivity index (χ4v) is 0.651. The van der Waals surface area contributed by atoms with Gasteiger partial charge in [0.2, 0.25) is 0 Å². The van der Waals surface area contributed by atoms with Crippen molar-refractivity contribution < 1.29 is 24.2 Å². The van der Waals surface area contributed by atoms with Crippen LogP contribution in [0.15, 0.2) is 11.8 Å². The number of carbonyl (C=O) groups is 2. The number of rotatable bonds is 5. The molecule has 6 heteroatoms. The number of carbonyl (C=O) groups excluding carboxylic acids is 2. The quantitative estimate of drug-likeness (QED) is 0.506. The summed E-state index contributed by atoms with van der Waals surface area (Å²) in [6.07, 6.45) is 0.560. The lowest BCUT2D eigenvalue weighted by Gasteiger charge is -2.03. The van der Waals surface area contributed by atoms with Gasteiger partial charge in [-0.25, -0.2) is 9.59 Å². The summed E-state index contributed by atoms with van der Waals surface area (Å²) in [6.45, 7) is 3.11. The molecule has 86 valence electrons. The van der Waals surface area contributed by atoms with Crippen molar-refractivity contribution in [2.24, 2.45) is 0 Å². The van der Waals surface area contributed by atoms with E-state index in [-0.39, 0.29) is 25.4 Å². The third-order valence-electron chi connectivity index (χ3n) is 1.33. The van der Waals surface area contributed by atoms with Gasteiger partial charge in [0.05, 0.1) is 18.8 Å². The summed E-state index contributed by atoms with van der Waals surface area (Å²) in [5.41, 5.74) is 0.219. The van der Waals surface area contributed by atoms with Crippen molar-refractivity contribution in [2.45, 2.75) is 13.8 Å². The number of alkyl carbamates (subject to hydrolysis) is 1. The molecule has 0 saturated heterocycles. The summed E-state index contributed by atoms with van der Waals surface area (Å²) in [4.78, 5) is 21.9. The maximum Gasteiger partial charge on any atom is 0.411 e. The molecule has 0 aromatic carbocycles. The minimum atomic E-state index is -0.633. The first-order valence-electron chi connectivity index (χ1n) is 4.49. The van der Waals surface area contributed by atoms with Crippen molar-refractivity contribution in [1.82, 2.24) is 5.32 Å². The van der Waals surface area contributed by atoms with Gasteiger partial charge in [-0.1, -0.05) is 0 Å². The highest BCUT2D eigenvalue weighted by Crippen LogP contribution is 1.94. The van der Waals surface area contributed by atoms with E-state index < -0.39 is 12.1 Å². The van der Waals surface area contributed by atoms with E-state index in [2.05, 4.69) is 14.8 Å². The van der Waals surface area contributed by atoms with E-state index >= 15 is 0 Å². The molecule has 0 heterocycles. The van der Waals surface area contributed by atoms with Gasteiger partial charge in [0.25, 0.3) is 0 Å². The molecule has 0 spiro atoms. The minimum absolute atomic E-state index is 0.0661. The van der Waals surface area contributed by atoms with E-state index in [0.29, 0.717) is 0 Å². The Labute approximate surface area is 87.9 Å². The van der Waals surface area contributed by atoms with Gasteiger partial charge in [-0.05, 0) is 13.8 Å². The van der Waals surface area contributed by atoms with Gasteiger partial charge in [-0.15, -0.1) is 0 Å². The number of esters is 1. The summed E-state index contributed by atoms with van der Waals surface area (Å²) < 4.78 is 9.16. The van der Waals surface area contributed by atoms with Crippen LogP contribution in [0, 0.1) is 0 Å². The Balaban J connectivity index is 3.96. The second-order valence-corrected chi connectivity index (χ2v) is 2.55. The van der Waals surface area contributed by atoms with Gasteiger partial charge in [-0.2, -0.15) is 0 Å². The molecule has 1 amide bonds. The number of ether oxygens (including phenoxy) is 2. The average Bonchev–Trinajstić information content (AvgIpc) is 2.22. The van der Waals surface area contributed by atoms with Gasteiger partial charge in [0, 0.05) is 6.20 Å². The lowest BCUT2D eigenvalue weighted by atomic mass is 10.3. The Morgan fingerprint density at radius 1 is 1.40 bits per heavy atom. The van der Waals surface area contributed by atoms with E-state index in [1.54, 1.807) is 6.92 Å². The van der Waals surface area contributed by atoms with E-state index in [1.807, 2.05) is 0 Å². The zero-order chi connectivity index (χ0) is 11.7. The van der Waals surface area contributed by atoms with E-state index in [0.717, 1.165) is 0 Å². The molecule has 0 aliphatic carbocycles. The zero-order valence-corrected chi connectivity index (χ0v) is 8.78. The fraction of sp³-hybridized carbons (Fsp3) is 0.556. The van der Waals surface area contributed by atoms with Crippen LogP contribution in [0.2, 0.25) is 0 Å². The Hall–Kier alpha value is -1.56. The van der Waals surface area contributed by atoms with E-state index in [4.69, 9.17) is 5.11 Å². The van der Waals surface area contributed by atoms with Gasteiger partial charge in [0.15, 0.2) is 0 Å². The lowest BCUT2D eigenvalue weighted by molar-refractivity contribution is -0.139. The minimum Gasteiger partial charge on any atom is -0.460 e. The van der Waals surface area contributed by atoms with Crippen LogP contribution in [-0.2, 0) is 14.3 Å². The van der Waals surface area contributed by atoms with Crippen molar-refractivity contribution >= 4 is 12.1 Å². The standard InChI is InChI=1S/C9H15NO5/c1-3-14-9(13)10-6-7(2)8(12)15-5-4-11/h6,11H,3-5H2,1-2H3,(H,10,13). The fourth-order valence-electron chi connectivity index (χ4n) is 0.651. The summed E-state index contributed by atoms with van der Waals surface area (Å²) in [7, 11) is 0. The van der Waals surface area contributed by atoms with Crippen LogP contribution < -0.4 is 5.32 Å². The molecule has 0 fully saturated rings. The molecule has 0 aromatic rings. The van der Waals surface area contributed by atoms with Crippen LogP contribution in [-0.4, -0.2) is 37.0 Å². The summed E-state index contributed by atoms with van der Waals surface area (Å²) in [5, 5.41) is 10.7. The first-order chi connectivity index (χ1) is 7.11. The Bertz CT molecular complexity index is 249. The molecule has 0 unspecified atom stereocenters. The zero-order valence-electron chi connectivity index (χ0n) is 8.78. The molecule has 0 aromatic heterocycles. The Morgan fingerprint density at radius 3 is 2.60 bits per heavy atom. The largest absolute Gasteiger partial charge is 0.460 e. The van der Waals surface area contributed by atoms with Crippen LogP contribution in [0.5, 0.6) is 0 Å². The van der Waals surface area contributed by atoms with Crippen LogP contribution in [0.4, 0.5) is 4.79 Å². The second-order valence-electron chi connectivity index (χ2n) is 2.55. The molecule has 0 atom stereocenters. The first kappa shape index (κ1) is 13.4. The SMILES string of the molecule is CCOC(=O)NC=C(C)C(=O)OCCO. The number of hydrogen-bond donors (Lipinski definition) is 2. The smallest absolute Gasteiger partial charge is 0.411 e. The van der Waals surface area contributed by atoms with Gasteiger partial charge in [0.1, 0.15) is 6.61 Å². The molecule has 0 aliphatic heterocycles. The van der Waals surface area contributed by atoms with Crippen molar-refractivity contribution in [3.63, 3.8) is 0 Å². The van der Waals surface area contributed by atoms with Gasteiger partial charge >= 0.3 is 12.1 Å². The van der Waals surface area contributed by atoms with E-state index in [9.17, 15) is 9.59 Å². The molecule has 0 saturated carbocycles. The van der Waals surface area contributed by atoms with Crippen LogP contribution >= 0.6 is 0 Å². The van der Waals surface area contributed by atoms with Crippen molar-refractivity contribution in [3.05, 3.63) is 11.8 Å². The maximum absolute atomic E-state index is 11.1. The van der Waals surface area contributed by atoms with Gasteiger partial charge in [-0.3, -0.25) is 5.32 Å².